The fourth-order valence-corrected chi connectivity index (χ4v) is 2.90. The number of carbonyl (C=O) groups excluding carboxylic acids is 2. The Hall–Kier alpha value is -2.32. The molecule has 1 atom stereocenters. The first-order valence-corrected chi connectivity index (χ1v) is 8.72. The Morgan fingerprint density at radius 1 is 1.27 bits per heavy atom. The number of carbonyl (C=O) groups is 2. The van der Waals surface area contributed by atoms with E-state index < -0.39 is 5.97 Å². The summed E-state index contributed by atoms with van der Waals surface area (Å²) in [5, 5.41) is 5.63. The Kier molecular flexibility index (Phi) is 7.68. The van der Waals surface area contributed by atoms with Crippen LogP contribution in [0.1, 0.15) is 23.7 Å². The summed E-state index contributed by atoms with van der Waals surface area (Å²) in [6, 6.07) is 4.64. The van der Waals surface area contributed by atoms with Gasteiger partial charge in [-0.25, -0.2) is 9.59 Å². The minimum absolute atomic E-state index is 0.257. The van der Waals surface area contributed by atoms with Crippen LogP contribution in [0.25, 0.3) is 0 Å². The van der Waals surface area contributed by atoms with Gasteiger partial charge in [-0.05, 0) is 24.6 Å². The van der Waals surface area contributed by atoms with Crippen molar-refractivity contribution in [3.8, 4) is 5.75 Å². The van der Waals surface area contributed by atoms with Gasteiger partial charge in [-0.3, -0.25) is 4.90 Å². The third-order valence-corrected chi connectivity index (χ3v) is 4.40. The number of urea groups is 1. The van der Waals surface area contributed by atoms with Crippen LogP contribution in [0.4, 0.5) is 10.5 Å². The van der Waals surface area contributed by atoms with Crippen molar-refractivity contribution in [2.45, 2.75) is 19.4 Å². The second kappa shape index (κ2) is 9.98. The monoisotopic (exact) mass is 365 g/mol. The molecule has 1 aromatic rings. The number of nitrogens with zero attached hydrogens (tertiary/aromatic N) is 1. The highest BCUT2D eigenvalue weighted by molar-refractivity contribution is 5.95. The molecule has 2 N–H and O–H groups in total. The van der Waals surface area contributed by atoms with Crippen LogP contribution in [0.3, 0.4) is 0 Å². The van der Waals surface area contributed by atoms with E-state index in [0.717, 1.165) is 32.7 Å². The molecule has 1 fully saturated rings. The molecule has 1 aromatic carbocycles. The van der Waals surface area contributed by atoms with Crippen molar-refractivity contribution in [2.75, 3.05) is 52.4 Å². The maximum absolute atomic E-state index is 12.3. The van der Waals surface area contributed by atoms with Crippen molar-refractivity contribution in [3.05, 3.63) is 23.8 Å². The van der Waals surface area contributed by atoms with E-state index >= 15 is 0 Å². The predicted octanol–water partition coefficient (Wildman–Crippen LogP) is 1.71. The number of ether oxygens (including phenoxy) is 3. The third kappa shape index (κ3) is 5.34. The number of rotatable bonds is 7. The molecule has 0 bridgehead atoms. The van der Waals surface area contributed by atoms with E-state index in [1.54, 1.807) is 12.1 Å². The summed E-state index contributed by atoms with van der Waals surface area (Å²) >= 11 is 0. The molecular weight excluding hydrogens is 338 g/mol. The minimum atomic E-state index is -0.477. The summed E-state index contributed by atoms with van der Waals surface area (Å²) in [7, 11) is 2.81. The highest BCUT2D eigenvalue weighted by Crippen LogP contribution is 2.25. The summed E-state index contributed by atoms with van der Waals surface area (Å²) in [6.45, 7) is 5.82. The van der Waals surface area contributed by atoms with Crippen LogP contribution in [0.2, 0.25) is 0 Å². The van der Waals surface area contributed by atoms with Gasteiger partial charge in [0.15, 0.2) is 0 Å². The van der Waals surface area contributed by atoms with E-state index in [1.807, 2.05) is 0 Å². The number of hydrogen-bond acceptors (Lipinski definition) is 6. The Morgan fingerprint density at radius 3 is 2.62 bits per heavy atom. The number of amides is 2. The molecule has 8 heteroatoms. The van der Waals surface area contributed by atoms with Crippen molar-refractivity contribution in [3.63, 3.8) is 0 Å². The van der Waals surface area contributed by atoms with E-state index in [0.29, 0.717) is 23.5 Å². The smallest absolute Gasteiger partial charge is 0.337 e. The lowest BCUT2D eigenvalue weighted by Gasteiger charge is -2.34. The summed E-state index contributed by atoms with van der Waals surface area (Å²) in [5.41, 5.74) is 0.746. The van der Waals surface area contributed by atoms with E-state index in [2.05, 4.69) is 22.5 Å². The molecule has 2 rings (SSSR count). The molecule has 26 heavy (non-hydrogen) atoms. The van der Waals surface area contributed by atoms with Gasteiger partial charge in [0.1, 0.15) is 5.75 Å². The molecule has 8 nitrogen and oxygen atoms in total. The summed E-state index contributed by atoms with van der Waals surface area (Å²) in [6.07, 6.45) is 0.932. The van der Waals surface area contributed by atoms with Gasteiger partial charge in [0.05, 0.1) is 38.7 Å². The first-order chi connectivity index (χ1) is 12.6. The lowest BCUT2D eigenvalue weighted by Crippen LogP contribution is -2.49. The number of anilines is 1. The number of morpholine rings is 1. The molecule has 0 radical (unpaired) electrons. The van der Waals surface area contributed by atoms with Gasteiger partial charge in [-0.1, -0.05) is 6.92 Å². The van der Waals surface area contributed by atoms with Crippen molar-refractivity contribution in [1.29, 1.82) is 0 Å². The normalized spacial score (nSPS) is 15.8. The zero-order chi connectivity index (χ0) is 18.9. The fourth-order valence-electron chi connectivity index (χ4n) is 2.90. The molecule has 1 aliphatic heterocycles. The van der Waals surface area contributed by atoms with Gasteiger partial charge in [0.25, 0.3) is 0 Å². The van der Waals surface area contributed by atoms with Crippen LogP contribution in [-0.4, -0.2) is 70.0 Å². The van der Waals surface area contributed by atoms with Gasteiger partial charge in [0.2, 0.25) is 0 Å². The number of hydrogen-bond donors (Lipinski definition) is 2. The molecule has 1 saturated heterocycles. The molecular formula is C18H27N3O5. The van der Waals surface area contributed by atoms with E-state index in [1.165, 1.54) is 20.3 Å². The minimum Gasteiger partial charge on any atom is -0.495 e. The predicted molar refractivity (Wildman–Crippen MR) is 97.8 cm³/mol. The Labute approximate surface area is 153 Å². The van der Waals surface area contributed by atoms with Crippen molar-refractivity contribution >= 4 is 17.7 Å². The molecule has 144 valence electrons. The van der Waals surface area contributed by atoms with Gasteiger partial charge in [-0.15, -0.1) is 0 Å². The van der Waals surface area contributed by atoms with Gasteiger partial charge >= 0.3 is 12.0 Å². The number of esters is 1. The number of methoxy groups -OCH3 is 2. The second-order valence-electron chi connectivity index (χ2n) is 5.95. The first-order valence-electron chi connectivity index (χ1n) is 8.72. The number of nitrogens with one attached hydrogen (secondary N) is 2. The van der Waals surface area contributed by atoms with Crippen LogP contribution in [0.15, 0.2) is 18.2 Å². The molecule has 0 spiro atoms. The molecule has 0 unspecified atom stereocenters. The van der Waals surface area contributed by atoms with Crippen LogP contribution in [-0.2, 0) is 9.47 Å². The van der Waals surface area contributed by atoms with E-state index in [-0.39, 0.29) is 12.1 Å². The molecule has 0 aliphatic carbocycles. The molecule has 1 heterocycles. The zero-order valence-corrected chi connectivity index (χ0v) is 15.5. The van der Waals surface area contributed by atoms with Crippen LogP contribution >= 0.6 is 0 Å². The van der Waals surface area contributed by atoms with Crippen LogP contribution in [0.5, 0.6) is 5.75 Å². The van der Waals surface area contributed by atoms with Crippen molar-refractivity contribution < 1.29 is 23.8 Å². The molecule has 0 saturated carbocycles. The van der Waals surface area contributed by atoms with Gasteiger partial charge in [0, 0.05) is 25.7 Å². The second-order valence-corrected chi connectivity index (χ2v) is 5.95. The average molecular weight is 365 g/mol. The quantitative estimate of drug-likeness (QED) is 0.715. The molecule has 0 aromatic heterocycles. The molecule has 2 amide bonds. The maximum atomic E-state index is 12.3. The van der Waals surface area contributed by atoms with Crippen LogP contribution < -0.4 is 15.4 Å². The van der Waals surface area contributed by atoms with Crippen LogP contribution in [0, 0.1) is 0 Å². The highest BCUT2D eigenvalue weighted by Gasteiger charge is 2.20. The topological polar surface area (TPSA) is 89.1 Å². The Balaban J connectivity index is 1.96. The van der Waals surface area contributed by atoms with Crippen molar-refractivity contribution in [1.82, 2.24) is 10.2 Å². The third-order valence-electron chi connectivity index (χ3n) is 4.40. The number of benzene rings is 1. The standard InChI is InChI=1S/C18H27N3O5/c1-4-14(21-7-9-26-10-8-21)12-19-18(23)20-15-11-13(17(22)25-3)5-6-16(15)24-2/h5-6,11,14H,4,7-10,12H2,1-3H3,(H2,19,20,23)/t14-/m0/s1. The zero-order valence-electron chi connectivity index (χ0n) is 15.5. The molecule has 1 aliphatic rings. The summed E-state index contributed by atoms with van der Waals surface area (Å²) < 4.78 is 15.3. The van der Waals surface area contributed by atoms with Gasteiger partial charge in [-0.2, -0.15) is 0 Å². The summed E-state index contributed by atoms with van der Waals surface area (Å²) in [4.78, 5) is 26.3. The largest absolute Gasteiger partial charge is 0.495 e. The Bertz CT molecular complexity index is 617. The fraction of sp³-hybridized carbons (Fsp3) is 0.556. The first kappa shape index (κ1) is 20.0. The Morgan fingerprint density at radius 2 is 2.00 bits per heavy atom. The van der Waals surface area contributed by atoms with E-state index in [4.69, 9.17) is 14.2 Å². The maximum Gasteiger partial charge on any atom is 0.337 e. The average Bonchev–Trinajstić information content (AvgIpc) is 2.68. The van der Waals surface area contributed by atoms with Gasteiger partial charge < -0.3 is 24.8 Å². The lowest BCUT2D eigenvalue weighted by molar-refractivity contribution is 0.0165. The SMILES string of the molecule is CC[C@@H](CNC(=O)Nc1cc(C(=O)OC)ccc1OC)N1CCOCC1. The van der Waals surface area contributed by atoms with Crippen molar-refractivity contribution in [2.24, 2.45) is 0 Å². The highest BCUT2D eigenvalue weighted by atomic mass is 16.5. The van der Waals surface area contributed by atoms with E-state index in [9.17, 15) is 9.59 Å². The lowest BCUT2D eigenvalue weighted by atomic mass is 10.1. The summed E-state index contributed by atoms with van der Waals surface area (Å²) in [5.74, 6) is -0.0116.